The zero-order valence-corrected chi connectivity index (χ0v) is 14.4. The van der Waals surface area contributed by atoms with Gasteiger partial charge in [0.25, 0.3) is 5.84 Å². The molecule has 1 aliphatic heterocycles. The van der Waals surface area contributed by atoms with Crippen molar-refractivity contribution in [1.82, 2.24) is 4.90 Å². The van der Waals surface area contributed by atoms with Crippen LogP contribution in [0.25, 0.3) is 0 Å². The highest BCUT2D eigenvalue weighted by molar-refractivity contribution is 5.93. The number of esters is 1. The first kappa shape index (κ1) is 17.2. The number of ether oxygens (including phenoxy) is 1. The van der Waals surface area contributed by atoms with E-state index in [4.69, 9.17) is 10.5 Å². The van der Waals surface area contributed by atoms with E-state index in [1.807, 2.05) is 12.1 Å². The molecule has 5 heteroatoms. The van der Waals surface area contributed by atoms with Crippen LogP contribution in [-0.4, -0.2) is 42.9 Å². The molecule has 1 saturated heterocycles. The number of likely N-dealkylation sites (tertiary alicyclic amines) is 1. The van der Waals surface area contributed by atoms with Crippen LogP contribution in [0.4, 0.5) is 0 Å². The number of carbonyl (C=O) groups excluding carboxylic acids is 1. The van der Waals surface area contributed by atoms with E-state index >= 15 is 0 Å². The van der Waals surface area contributed by atoms with Crippen molar-refractivity contribution in [3.05, 3.63) is 71.8 Å². The lowest BCUT2D eigenvalue weighted by Crippen LogP contribution is -2.71. The summed E-state index contributed by atoms with van der Waals surface area (Å²) in [7, 11) is 1.69. The molecule has 0 aromatic heterocycles. The van der Waals surface area contributed by atoms with E-state index in [1.165, 1.54) is 11.1 Å². The summed E-state index contributed by atoms with van der Waals surface area (Å²) >= 11 is 0. The number of hydrogen-bond donors (Lipinski definition) is 2. The number of nitrogens with zero attached hydrogens (tertiary/aromatic N) is 1. The number of amidine groups is 1. The summed E-state index contributed by atoms with van der Waals surface area (Å²) in [6.07, 6.45) is 0.0282. The Kier molecular flexibility index (Phi) is 5.46. The summed E-state index contributed by atoms with van der Waals surface area (Å²) in [6.45, 7) is 1.44. The van der Waals surface area contributed by atoms with Crippen LogP contribution in [0.5, 0.6) is 0 Å². The van der Waals surface area contributed by atoms with E-state index in [9.17, 15) is 4.79 Å². The van der Waals surface area contributed by atoms with Crippen LogP contribution in [0.15, 0.2) is 60.7 Å². The topological polar surface area (TPSA) is 69.5 Å². The second-order valence-corrected chi connectivity index (χ2v) is 6.24. The fraction of sp³-hybridized carbons (Fsp3) is 0.300. The molecule has 1 aliphatic rings. The number of nitrogens with one attached hydrogen (secondary N) is 1. The molecular formula is C20H24N3O2+. The van der Waals surface area contributed by atoms with E-state index in [0.717, 1.165) is 13.1 Å². The predicted octanol–water partition coefficient (Wildman–Crippen LogP) is 0.461. The minimum absolute atomic E-state index is 0.0768. The summed E-state index contributed by atoms with van der Waals surface area (Å²) in [6, 6.07) is 21.0. The zero-order valence-electron chi connectivity index (χ0n) is 14.4. The fourth-order valence-electron chi connectivity index (χ4n) is 3.11. The molecule has 0 amide bonds. The maximum Gasteiger partial charge on any atom is 0.318 e. The van der Waals surface area contributed by atoms with E-state index in [-0.39, 0.29) is 24.5 Å². The molecule has 0 bridgehead atoms. The van der Waals surface area contributed by atoms with Gasteiger partial charge in [0.15, 0.2) is 0 Å². The largest absolute Gasteiger partial charge is 0.459 e. The Labute approximate surface area is 148 Å². The normalized spacial score (nSPS) is 15.8. The van der Waals surface area contributed by atoms with Crippen LogP contribution in [0, 0.1) is 0 Å². The molecule has 3 rings (SSSR count). The van der Waals surface area contributed by atoms with Gasteiger partial charge in [-0.2, -0.15) is 0 Å². The van der Waals surface area contributed by atoms with Gasteiger partial charge in [0.1, 0.15) is 12.5 Å². The van der Waals surface area contributed by atoms with E-state index in [1.54, 1.807) is 7.05 Å². The molecule has 1 fully saturated rings. The van der Waals surface area contributed by atoms with Crippen molar-refractivity contribution in [3.63, 3.8) is 0 Å². The summed E-state index contributed by atoms with van der Waals surface area (Å²) in [5, 5.41) is 0. The van der Waals surface area contributed by atoms with Crippen molar-refractivity contribution >= 4 is 11.8 Å². The van der Waals surface area contributed by atoms with Gasteiger partial charge in [-0.3, -0.25) is 20.4 Å². The van der Waals surface area contributed by atoms with Gasteiger partial charge in [-0.25, -0.2) is 0 Å². The average Bonchev–Trinajstić information content (AvgIpc) is 2.61. The van der Waals surface area contributed by atoms with Gasteiger partial charge < -0.3 is 4.74 Å². The van der Waals surface area contributed by atoms with Crippen molar-refractivity contribution in [1.29, 1.82) is 0 Å². The molecule has 0 unspecified atom stereocenters. The smallest absolute Gasteiger partial charge is 0.318 e. The molecule has 0 saturated carbocycles. The number of rotatable bonds is 6. The molecule has 0 aliphatic carbocycles. The molecule has 1 heterocycles. The summed E-state index contributed by atoms with van der Waals surface area (Å²) < 4.78 is 5.49. The molecule has 2 aromatic carbocycles. The third-order valence-electron chi connectivity index (χ3n) is 4.43. The van der Waals surface area contributed by atoms with Gasteiger partial charge in [-0.05, 0) is 11.1 Å². The predicted molar refractivity (Wildman–Crippen MR) is 96.9 cm³/mol. The first-order chi connectivity index (χ1) is 12.2. The Bertz CT molecular complexity index is 686. The van der Waals surface area contributed by atoms with Gasteiger partial charge in [0, 0.05) is 13.1 Å². The van der Waals surface area contributed by atoms with E-state index < -0.39 is 0 Å². The molecule has 0 radical (unpaired) electrons. The fourth-order valence-corrected chi connectivity index (χ4v) is 3.11. The Morgan fingerprint density at radius 2 is 1.64 bits per heavy atom. The van der Waals surface area contributed by atoms with Crippen molar-refractivity contribution in [3.8, 4) is 0 Å². The quantitative estimate of drug-likeness (QED) is 0.456. The highest BCUT2D eigenvalue weighted by atomic mass is 16.5. The third kappa shape index (κ3) is 4.25. The Morgan fingerprint density at radius 3 is 2.12 bits per heavy atom. The van der Waals surface area contributed by atoms with E-state index in [0.29, 0.717) is 5.84 Å². The van der Waals surface area contributed by atoms with Crippen LogP contribution in [0.1, 0.15) is 23.6 Å². The maximum atomic E-state index is 11.9. The number of hydrogen-bond acceptors (Lipinski definition) is 3. The van der Waals surface area contributed by atoms with Crippen LogP contribution >= 0.6 is 0 Å². The Morgan fingerprint density at radius 1 is 1.12 bits per heavy atom. The first-order valence-electron chi connectivity index (χ1n) is 8.50. The van der Waals surface area contributed by atoms with Gasteiger partial charge in [-0.15, -0.1) is 0 Å². The monoisotopic (exact) mass is 338 g/mol. The first-order valence-corrected chi connectivity index (χ1v) is 8.50. The lowest BCUT2D eigenvalue weighted by molar-refractivity contribution is -0.422. The van der Waals surface area contributed by atoms with E-state index in [2.05, 4.69) is 58.4 Å². The number of carbonyl (C=O) groups is 1. The minimum Gasteiger partial charge on any atom is -0.459 e. The highest BCUT2D eigenvalue weighted by Crippen LogP contribution is 2.32. The number of nitrogens with two attached hydrogens (primary N) is 1. The molecule has 3 N–H and O–H groups in total. The molecule has 0 atom stereocenters. The molecule has 2 aromatic rings. The van der Waals surface area contributed by atoms with Crippen LogP contribution in [-0.2, 0) is 9.53 Å². The van der Waals surface area contributed by atoms with Crippen LogP contribution < -0.4 is 10.7 Å². The molecule has 5 nitrogen and oxygen atoms in total. The minimum atomic E-state index is -0.285. The second-order valence-electron chi connectivity index (χ2n) is 6.24. The van der Waals surface area contributed by atoms with Crippen molar-refractivity contribution in [2.45, 2.75) is 18.6 Å². The third-order valence-corrected chi connectivity index (χ3v) is 4.43. The highest BCUT2D eigenvalue weighted by Gasteiger charge is 2.36. The second kappa shape index (κ2) is 7.94. The molecule has 0 spiro atoms. The molecule has 25 heavy (non-hydrogen) atoms. The lowest BCUT2D eigenvalue weighted by atomic mass is 9.94. The molecular weight excluding hydrogens is 314 g/mol. The summed E-state index contributed by atoms with van der Waals surface area (Å²) in [5.41, 5.74) is 8.11. The van der Waals surface area contributed by atoms with Gasteiger partial charge >= 0.3 is 5.97 Å². The SMILES string of the molecule is C[NH+]=C(N)CC(=O)OC1CN(C(c2ccccc2)c2ccccc2)C1. The van der Waals surface area contributed by atoms with Crippen molar-refractivity contribution in [2.75, 3.05) is 20.1 Å². The van der Waals surface area contributed by atoms with Gasteiger partial charge in [0.05, 0.1) is 13.1 Å². The van der Waals surface area contributed by atoms with Crippen LogP contribution in [0.2, 0.25) is 0 Å². The maximum absolute atomic E-state index is 11.9. The van der Waals surface area contributed by atoms with Crippen LogP contribution in [0.3, 0.4) is 0 Å². The van der Waals surface area contributed by atoms with Crippen molar-refractivity contribution in [2.24, 2.45) is 5.73 Å². The lowest BCUT2D eigenvalue weighted by Gasteiger charge is -2.43. The Balaban J connectivity index is 1.66. The number of benzene rings is 2. The Hall–Kier alpha value is -2.66. The summed E-state index contributed by atoms with van der Waals surface area (Å²) in [5.74, 6) is 0.139. The average molecular weight is 338 g/mol. The zero-order chi connectivity index (χ0) is 17.6. The van der Waals surface area contributed by atoms with Gasteiger partial charge in [-0.1, -0.05) is 60.7 Å². The summed E-state index contributed by atoms with van der Waals surface area (Å²) in [4.78, 5) is 16.9. The standard InChI is InChI=1S/C20H23N3O2/c1-22-18(21)12-19(24)25-17-13-23(14-17)20(15-8-4-2-5-9-15)16-10-6-3-7-11-16/h2-11,17,20H,12-14H2,1H3,(H2,21,22)/p+1. The van der Waals surface area contributed by atoms with Crippen molar-refractivity contribution < 1.29 is 14.5 Å². The molecule has 130 valence electrons. The van der Waals surface area contributed by atoms with Gasteiger partial charge in [0.2, 0.25) is 0 Å².